The van der Waals surface area contributed by atoms with Gasteiger partial charge in [0, 0.05) is 0 Å². The van der Waals surface area contributed by atoms with E-state index < -0.39 is 11.7 Å². The molecule has 0 fully saturated rings. The van der Waals surface area contributed by atoms with E-state index in [2.05, 4.69) is 0 Å². The van der Waals surface area contributed by atoms with Crippen LogP contribution in [0.2, 0.25) is 0 Å². The van der Waals surface area contributed by atoms with Crippen molar-refractivity contribution in [2.24, 2.45) is 5.73 Å². The van der Waals surface area contributed by atoms with Gasteiger partial charge in [0.05, 0.1) is 11.1 Å². The molecule has 0 saturated heterocycles. The fraction of sp³-hybridized carbons (Fsp3) is 0.133. The van der Waals surface area contributed by atoms with E-state index in [1.165, 1.54) is 6.07 Å². The average molecular weight is 311 g/mol. The lowest BCUT2D eigenvalue weighted by Gasteiger charge is -2.12. The zero-order valence-corrected chi connectivity index (χ0v) is 11.7. The highest BCUT2D eigenvalue weighted by Gasteiger charge is 2.30. The second-order valence-electron chi connectivity index (χ2n) is 4.35. The van der Waals surface area contributed by atoms with Crippen molar-refractivity contribution in [2.45, 2.75) is 12.8 Å². The first kappa shape index (κ1) is 15.3. The van der Waals surface area contributed by atoms with Gasteiger partial charge < -0.3 is 10.5 Å². The third-order valence-electron chi connectivity index (χ3n) is 2.80. The Morgan fingerprint density at radius 3 is 2.48 bits per heavy atom. The highest BCUT2D eigenvalue weighted by Crippen LogP contribution is 2.30. The van der Waals surface area contributed by atoms with Gasteiger partial charge >= 0.3 is 6.18 Å². The van der Waals surface area contributed by atoms with Crippen molar-refractivity contribution in [2.75, 3.05) is 0 Å². The first-order chi connectivity index (χ1) is 9.88. The molecule has 0 unspecified atom stereocenters. The minimum atomic E-state index is -4.37. The molecular formula is C15H12F3NOS. The van der Waals surface area contributed by atoms with Crippen LogP contribution < -0.4 is 10.5 Å². The maximum Gasteiger partial charge on any atom is 0.416 e. The van der Waals surface area contributed by atoms with Crippen LogP contribution in [0.1, 0.15) is 16.7 Å². The molecule has 0 heterocycles. The van der Waals surface area contributed by atoms with Crippen molar-refractivity contribution in [1.82, 2.24) is 0 Å². The van der Waals surface area contributed by atoms with E-state index in [4.69, 9.17) is 22.7 Å². The second-order valence-corrected chi connectivity index (χ2v) is 4.79. The summed E-state index contributed by atoms with van der Waals surface area (Å²) < 4.78 is 43.4. The summed E-state index contributed by atoms with van der Waals surface area (Å²) in [6.07, 6.45) is -4.37. The topological polar surface area (TPSA) is 35.2 Å². The molecule has 2 aromatic rings. The van der Waals surface area contributed by atoms with Gasteiger partial charge in [-0.15, -0.1) is 0 Å². The molecule has 0 spiro atoms. The number of ether oxygens (including phenoxy) is 1. The Labute approximate surface area is 125 Å². The molecule has 0 saturated carbocycles. The maximum absolute atomic E-state index is 12.6. The number of halogens is 3. The van der Waals surface area contributed by atoms with Crippen LogP contribution in [0.5, 0.6) is 5.75 Å². The van der Waals surface area contributed by atoms with Crippen molar-refractivity contribution in [3.8, 4) is 5.75 Å². The van der Waals surface area contributed by atoms with Crippen LogP contribution in [0.25, 0.3) is 0 Å². The molecule has 0 radical (unpaired) electrons. The number of thiocarbonyl (C=S) groups is 1. The van der Waals surface area contributed by atoms with Crippen molar-refractivity contribution < 1.29 is 17.9 Å². The van der Waals surface area contributed by atoms with E-state index in [1.54, 1.807) is 30.3 Å². The van der Waals surface area contributed by atoms with Gasteiger partial charge in [0.15, 0.2) is 0 Å². The molecule has 2 N–H and O–H groups in total. The second kappa shape index (κ2) is 6.13. The number of para-hydroxylation sites is 1. The lowest BCUT2D eigenvalue weighted by atomic mass is 10.1. The Morgan fingerprint density at radius 1 is 1.10 bits per heavy atom. The van der Waals surface area contributed by atoms with E-state index in [-0.39, 0.29) is 11.6 Å². The highest BCUT2D eigenvalue weighted by atomic mass is 32.1. The van der Waals surface area contributed by atoms with Gasteiger partial charge in [-0.2, -0.15) is 13.2 Å². The van der Waals surface area contributed by atoms with Crippen LogP contribution in [0.3, 0.4) is 0 Å². The normalized spacial score (nSPS) is 11.2. The minimum absolute atomic E-state index is 0.00352. The van der Waals surface area contributed by atoms with Crippen molar-refractivity contribution >= 4 is 17.2 Å². The van der Waals surface area contributed by atoms with Gasteiger partial charge in [-0.25, -0.2) is 0 Å². The third kappa shape index (κ3) is 3.95. The summed E-state index contributed by atoms with van der Waals surface area (Å²) in [6, 6.07) is 11.9. The van der Waals surface area contributed by atoms with Crippen LogP contribution in [-0.2, 0) is 12.8 Å². The van der Waals surface area contributed by atoms with Gasteiger partial charge in [0.1, 0.15) is 17.3 Å². The largest absolute Gasteiger partial charge is 0.488 e. The van der Waals surface area contributed by atoms with Crippen LogP contribution in [0.4, 0.5) is 13.2 Å². The minimum Gasteiger partial charge on any atom is -0.488 e. The molecule has 0 aliphatic heterocycles. The molecule has 0 aliphatic rings. The molecule has 0 atom stereocenters. The maximum atomic E-state index is 12.6. The molecule has 0 aromatic heterocycles. The molecule has 0 amide bonds. The first-order valence-electron chi connectivity index (χ1n) is 6.05. The first-order valence-corrected chi connectivity index (χ1v) is 6.46. The standard InChI is InChI=1S/C15H12F3NOS/c16-15(17,18)11-5-3-4-10(8-11)9-20-13-7-2-1-6-12(13)14(19)21/h1-8H,9H2,(H2,19,21). The van der Waals surface area contributed by atoms with Crippen molar-refractivity contribution in [3.63, 3.8) is 0 Å². The monoisotopic (exact) mass is 311 g/mol. The zero-order chi connectivity index (χ0) is 15.5. The molecule has 2 aromatic carbocycles. The fourth-order valence-corrected chi connectivity index (χ4v) is 1.96. The molecule has 110 valence electrons. The predicted octanol–water partition coefficient (Wildman–Crippen LogP) is 3.92. The summed E-state index contributed by atoms with van der Waals surface area (Å²) in [5, 5.41) is 0. The van der Waals surface area contributed by atoms with E-state index in [0.29, 0.717) is 16.9 Å². The van der Waals surface area contributed by atoms with Gasteiger partial charge in [0.2, 0.25) is 0 Å². The Balaban J connectivity index is 2.16. The van der Waals surface area contributed by atoms with E-state index in [9.17, 15) is 13.2 Å². The lowest BCUT2D eigenvalue weighted by molar-refractivity contribution is -0.137. The number of hydrogen-bond acceptors (Lipinski definition) is 2. The SMILES string of the molecule is NC(=S)c1ccccc1OCc1cccc(C(F)(F)F)c1. The molecule has 2 rings (SSSR count). The summed E-state index contributed by atoms with van der Waals surface area (Å²) in [5.74, 6) is 0.447. The Kier molecular flexibility index (Phi) is 4.47. The van der Waals surface area contributed by atoms with Crippen LogP contribution >= 0.6 is 12.2 Å². The van der Waals surface area contributed by atoms with E-state index >= 15 is 0 Å². The van der Waals surface area contributed by atoms with Gasteiger partial charge in [-0.1, -0.05) is 36.5 Å². The third-order valence-corrected chi connectivity index (χ3v) is 3.02. The molecule has 2 nitrogen and oxygen atoms in total. The summed E-state index contributed by atoms with van der Waals surface area (Å²) >= 11 is 4.90. The molecular weight excluding hydrogens is 299 g/mol. The number of hydrogen-bond donors (Lipinski definition) is 1. The predicted molar refractivity (Wildman–Crippen MR) is 78.1 cm³/mol. The Bertz CT molecular complexity index is 655. The van der Waals surface area contributed by atoms with E-state index in [1.807, 2.05) is 0 Å². The van der Waals surface area contributed by atoms with E-state index in [0.717, 1.165) is 12.1 Å². The highest BCUT2D eigenvalue weighted by molar-refractivity contribution is 7.80. The zero-order valence-electron chi connectivity index (χ0n) is 10.9. The average Bonchev–Trinajstić information content (AvgIpc) is 2.45. The van der Waals surface area contributed by atoms with Crippen LogP contribution in [0.15, 0.2) is 48.5 Å². The van der Waals surface area contributed by atoms with Crippen molar-refractivity contribution in [3.05, 3.63) is 65.2 Å². The lowest BCUT2D eigenvalue weighted by Crippen LogP contribution is -2.11. The summed E-state index contributed by atoms with van der Waals surface area (Å²) in [5.41, 5.74) is 5.84. The summed E-state index contributed by atoms with van der Waals surface area (Å²) in [4.78, 5) is 0.176. The number of alkyl halides is 3. The van der Waals surface area contributed by atoms with Gasteiger partial charge in [0.25, 0.3) is 0 Å². The smallest absolute Gasteiger partial charge is 0.416 e. The Morgan fingerprint density at radius 2 is 1.81 bits per heavy atom. The summed E-state index contributed by atoms with van der Waals surface area (Å²) in [6.45, 7) is 0.00352. The van der Waals surface area contributed by atoms with Crippen LogP contribution in [-0.4, -0.2) is 4.99 Å². The van der Waals surface area contributed by atoms with Crippen LogP contribution in [0, 0.1) is 0 Å². The number of benzene rings is 2. The quantitative estimate of drug-likeness (QED) is 0.869. The summed E-state index contributed by atoms with van der Waals surface area (Å²) in [7, 11) is 0. The molecule has 0 bridgehead atoms. The van der Waals surface area contributed by atoms with Gasteiger partial charge in [-0.3, -0.25) is 0 Å². The molecule has 6 heteroatoms. The number of rotatable bonds is 4. The molecule has 21 heavy (non-hydrogen) atoms. The van der Waals surface area contributed by atoms with Crippen molar-refractivity contribution in [1.29, 1.82) is 0 Å². The fourth-order valence-electron chi connectivity index (χ4n) is 1.79. The number of nitrogens with two attached hydrogens (primary N) is 1. The Hall–Kier alpha value is -2.08. The molecule has 0 aliphatic carbocycles. The van der Waals surface area contributed by atoms with Gasteiger partial charge in [-0.05, 0) is 29.8 Å².